The molecule has 37 heavy (non-hydrogen) atoms. The predicted octanol–water partition coefficient (Wildman–Crippen LogP) is 0.553. The summed E-state index contributed by atoms with van der Waals surface area (Å²) in [5.74, 6) is -5.06. The van der Waals surface area contributed by atoms with Crippen molar-refractivity contribution in [3.63, 3.8) is 0 Å². The summed E-state index contributed by atoms with van der Waals surface area (Å²) in [6.45, 7) is -1.84. The van der Waals surface area contributed by atoms with Gasteiger partial charge in [-0.1, -0.05) is 0 Å². The Morgan fingerprint density at radius 2 is 1.46 bits per heavy atom. The quantitative estimate of drug-likeness (QED) is 0.199. The van der Waals surface area contributed by atoms with Gasteiger partial charge in [0.1, 0.15) is 11.7 Å². The first-order valence-corrected chi connectivity index (χ1v) is 14.1. The number of benzene rings is 1. The number of nitrogens with one attached hydrogen (secondary N) is 2. The van der Waals surface area contributed by atoms with E-state index in [-0.39, 0.29) is 19.3 Å². The van der Waals surface area contributed by atoms with Gasteiger partial charge in [-0.05, 0) is 25.0 Å². The number of carboxylic acid groups (broad SMARTS) is 2. The molecule has 2 amide bonds. The van der Waals surface area contributed by atoms with E-state index < -0.39 is 93.6 Å². The smallest absolute Gasteiger partial charge is 0.326 e. The molecular formula is C19H27F2N3O11S2. The molecule has 0 unspecified atom stereocenters. The zero-order valence-corrected chi connectivity index (χ0v) is 21.4. The molecule has 0 radical (unpaired) electrons. The molecule has 4 N–H and O–H groups in total. The number of aliphatic carboxylic acids is 2. The third-order valence-electron chi connectivity index (χ3n) is 4.40. The first-order valence-electron chi connectivity index (χ1n) is 10.4. The SMILES string of the molecule is CS(=O)(=O)OCCN(CCOS(C)(=O)=O)c1c(F)cc(NC(=O)N[C@@H](CCCC(=O)O)C(=O)O)cc1F. The molecule has 1 aromatic carbocycles. The summed E-state index contributed by atoms with van der Waals surface area (Å²) in [4.78, 5) is 34.9. The van der Waals surface area contributed by atoms with Crippen LogP contribution in [0.2, 0.25) is 0 Å². The number of carbonyl (C=O) groups excluding carboxylic acids is 1. The Kier molecular flexibility index (Phi) is 12.1. The lowest BCUT2D eigenvalue weighted by molar-refractivity contribution is -0.140. The Morgan fingerprint density at radius 1 is 0.973 bits per heavy atom. The van der Waals surface area contributed by atoms with Crippen molar-refractivity contribution in [1.29, 1.82) is 0 Å². The van der Waals surface area contributed by atoms with Crippen LogP contribution >= 0.6 is 0 Å². The maximum Gasteiger partial charge on any atom is 0.326 e. The van der Waals surface area contributed by atoms with Gasteiger partial charge in [0.05, 0.1) is 25.7 Å². The fourth-order valence-electron chi connectivity index (χ4n) is 2.91. The largest absolute Gasteiger partial charge is 0.481 e. The van der Waals surface area contributed by atoms with Gasteiger partial charge in [0, 0.05) is 25.2 Å². The summed E-state index contributed by atoms with van der Waals surface area (Å²) in [6.07, 6.45) is 0.935. The first kappa shape index (κ1) is 31.9. The molecule has 0 aliphatic carbocycles. The molecule has 0 aliphatic heterocycles. The first-order chi connectivity index (χ1) is 17.0. The van der Waals surface area contributed by atoms with Crippen LogP contribution in [-0.4, -0.2) is 89.9 Å². The highest BCUT2D eigenvalue weighted by molar-refractivity contribution is 7.86. The second-order valence-electron chi connectivity index (χ2n) is 7.60. The summed E-state index contributed by atoms with van der Waals surface area (Å²) >= 11 is 0. The van der Waals surface area contributed by atoms with Crippen LogP contribution in [0.15, 0.2) is 12.1 Å². The second kappa shape index (κ2) is 14.0. The Hall–Kier alpha value is -3.09. The summed E-state index contributed by atoms with van der Waals surface area (Å²) in [6, 6.07) is -1.21. The lowest BCUT2D eigenvalue weighted by Crippen LogP contribution is -2.43. The normalized spacial score (nSPS) is 12.5. The molecule has 0 aliphatic rings. The minimum absolute atomic E-state index is 0.0491. The zero-order valence-electron chi connectivity index (χ0n) is 19.8. The van der Waals surface area contributed by atoms with Crippen molar-refractivity contribution in [2.24, 2.45) is 0 Å². The number of halogens is 2. The molecule has 18 heteroatoms. The van der Waals surface area contributed by atoms with Crippen LogP contribution in [0.1, 0.15) is 19.3 Å². The number of anilines is 2. The Bertz CT molecular complexity index is 1130. The minimum atomic E-state index is -3.88. The van der Waals surface area contributed by atoms with E-state index in [1.807, 2.05) is 0 Å². The van der Waals surface area contributed by atoms with E-state index in [9.17, 15) is 45.1 Å². The molecule has 210 valence electrons. The maximum absolute atomic E-state index is 14.8. The monoisotopic (exact) mass is 575 g/mol. The summed E-state index contributed by atoms with van der Waals surface area (Å²) < 4.78 is 83.5. The van der Waals surface area contributed by atoms with Gasteiger partial charge in [-0.3, -0.25) is 13.2 Å². The molecule has 1 rings (SSSR count). The van der Waals surface area contributed by atoms with E-state index in [1.165, 1.54) is 0 Å². The molecule has 0 bridgehead atoms. The van der Waals surface area contributed by atoms with Crippen LogP contribution in [0, 0.1) is 11.6 Å². The third-order valence-corrected chi connectivity index (χ3v) is 5.58. The highest BCUT2D eigenvalue weighted by Crippen LogP contribution is 2.27. The molecule has 0 saturated heterocycles. The van der Waals surface area contributed by atoms with Gasteiger partial charge in [-0.15, -0.1) is 0 Å². The van der Waals surface area contributed by atoms with Gasteiger partial charge in [0.15, 0.2) is 11.6 Å². The number of carboxylic acids is 2. The van der Waals surface area contributed by atoms with Crippen molar-refractivity contribution in [3.8, 4) is 0 Å². The van der Waals surface area contributed by atoms with Crippen molar-refractivity contribution < 1.29 is 58.6 Å². The van der Waals surface area contributed by atoms with Gasteiger partial charge < -0.3 is 25.7 Å². The van der Waals surface area contributed by atoms with E-state index in [2.05, 4.69) is 19.0 Å². The number of rotatable bonds is 16. The van der Waals surface area contributed by atoms with Crippen LogP contribution in [0.4, 0.5) is 25.0 Å². The predicted molar refractivity (Wildman–Crippen MR) is 125 cm³/mol. The number of carbonyl (C=O) groups is 3. The lowest BCUT2D eigenvalue weighted by atomic mass is 10.1. The molecule has 0 heterocycles. The molecule has 0 saturated carbocycles. The van der Waals surface area contributed by atoms with Gasteiger partial charge in [0.25, 0.3) is 20.2 Å². The van der Waals surface area contributed by atoms with Crippen LogP contribution < -0.4 is 15.5 Å². The fraction of sp³-hybridized carbons (Fsp3) is 0.526. The van der Waals surface area contributed by atoms with Crippen LogP contribution in [0.5, 0.6) is 0 Å². The number of urea groups is 1. The van der Waals surface area contributed by atoms with E-state index in [1.54, 1.807) is 0 Å². The molecule has 1 aromatic rings. The standard InChI is InChI=1S/C19H27F2N3O11S2/c1-36(30,31)34-8-6-24(7-9-35-37(2,32)33)17-13(20)10-12(11-14(17)21)22-19(29)23-15(18(27)28)4-3-5-16(25)26/h10-11,15H,3-9H2,1-2H3,(H,25,26)(H,27,28)(H2,22,23,29)/t15-/m0/s1. The van der Waals surface area contributed by atoms with Crippen molar-refractivity contribution >= 4 is 49.6 Å². The molecule has 14 nitrogen and oxygen atoms in total. The molecule has 0 aromatic heterocycles. The third kappa shape index (κ3) is 13.1. The van der Waals surface area contributed by atoms with Crippen molar-refractivity contribution in [2.75, 3.05) is 49.0 Å². The number of nitrogens with zero attached hydrogens (tertiary/aromatic N) is 1. The van der Waals surface area contributed by atoms with E-state index in [0.717, 1.165) is 17.4 Å². The summed E-state index contributed by atoms with van der Waals surface area (Å²) in [5.41, 5.74) is -1.11. The Morgan fingerprint density at radius 3 is 1.86 bits per heavy atom. The average molecular weight is 576 g/mol. The fourth-order valence-corrected chi connectivity index (χ4v) is 3.67. The average Bonchev–Trinajstić information content (AvgIpc) is 2.70. The number of amides is 2. The zero-order chi connectivity index (χ0) is 28.4. The van der Waals surface area contributed by atoms with Gasteiger partial charge in [0.2, 0.25) is 0 Å². The highest BCUT2D eigenvalue weighted by atomic mass is 32.2. The van der Waals surface area contributed by atoms with E-state index in [4.69, 9.17) is 5.11 Å². The molecule has 1 atom stereocenters. The van der Waals surface area contributed by atoms with Crippen molar-refractivity contribution in [3.05, 3.63) is 23.8 Å². The minimum Gasteiger partial charge on any atom is -0.481 e. The van der Waals surface area contributed by atoms with E-state index in [0.29, 0.717) is 12.1 Å². The number of hydrogen-bond donors (Lipinski definition) is 4. The maximum atomic E-state index is 14.8. The van der Waals surface area contributed by atoms with Crippen LogP contribution in [0.3, 0.4) is 0 Å². The Labute approximate surface area is 211 Å². The van der Waals surface area contributed by atoms with Gasteiger partial charge in [-0.2, -0.15) is 16.8 Å². The van der Waals surface area contributed by atoms with Crippen molar-refractivity contribution in [1.82, 2.24) is 5.32 Å². The summed E-state index contributed by atoms with van der Waals surface area (Å²) in [7, 11) is -7.76. The van der Waals surface area contributed by atoms with Gasteiger partial charge >= 0.3 is 18.0 Å². The van der Waals surface area contributed by atoms with Gasteiger partial charge in [-0.25, -0.2) is 18.4 Å². The number of hydrogen-bond acceptors (Lipinski definition) is 10. The van der Waals surface area contributed by atoms with Crippen LogP contribution in [-0.2, 0) is 38.2 Å². The van der Waals surface area contributed by atoms with E-state index >= 15 is 0 Å². The Balaban J connectivity index is 3.02. The second-order valence-corrected chi connectivity index (χ2v) is 10.9. The summed E-state index contributed by atoms with van der Waals surface area (Å²) in [5, 5.41) is 21.9. The topological polar surface area (TPSA) is 206 Å². The van der Waals surface area contributed by atoms with Crippen LogP contribution in [0.25, 0.3) is 0 Å². The molecule has 0 spiro atoms. The molecule has 0 fully saturated rings. The lowest BCUT2D eigenvalue weighted by Gasteiger charge is -2.25. The van der Waals surface area contributed by atoms with Crippen molar-refractivity contribution in [2.45, 2.75) is 25.3 Å². The molecular weight excluding hydrogens is 548 g/mol. The highest BCUT2D eigenvalue weighted by Gasteiger charge is 2.23.